The van der Waals surface area contributed by atoms with Gasteiger partial charge in [0.15, 0.2) is 0 Å². The maximum absolute atomic E-state index is 12.8. The average molecular weight is 322 g/mol. The zero-order valence-corrected chi connectivity index (χ0v) is 14.3. The van der Waals surface area contributed by atoms with Gasteiger partial charge >= 0.3 is 0 Å². The highest BCUT2D eigenvalue weighted by molar-refractivity contribution is 7.88. The summed E-state index contributed by atoms with van der Waals surface area (Å²) in [5, 5.41) is 0. The van der Waals surface area contributed by atoms with Crippen molar-refractivity contribution in [2.75, 3.05) is 19.6 Å². The van der Waals surface area contributed by atoms with Crippen molar-refractivity contribution in [3.8, 4) is 0 Å². The Bertz CT molecular complexity index is 600. The molecule has 1 aromatic carbocycles. The van der Waals surface area contributed by atoms with Gasteiger partial charge in [0, 0.05) is 31.7 Å². The molecule has 0 amide bonds. The SMILES string of the molecule is CC(C)CN1CC[C@H]2[C@@H]1CCN2S(=O)(=O)Cc1ccccc1. The van der Waals surface area contributed by atoms with E-state index in [1.165, 1.54) is 0 Å². The highest BCUT2D eigenvalue weighted by Crippen LogP contribution is 2.34. The quantitative estimate of drug-likeness (QED) is 0.835. The summed E-state index contributed by atoms with van der Waals surface area (Å²) in [7, 11) is -3.21. The summed E-state index contributed by atoms with van der Waals surface area (Å²) < 4.78 is 27.3. The summed E-state index contributed by atoms with van der Waals surface area (Å²) in [6.45, 7) is 7.25. The predicted molar refractivity (Wildman–Crippen MR) is 89.0 cm³/mol. The van der Waals surface area contributed by atoms with Gasteiger partial charge in [0.25, 0.3) is 0 Å². The lowest BCUT2D eigenvalue weighted by molar-refractivity contribution is 0.222. The maximum atomic E-state index is 12.8. The first kappa shape index (κ1) is 16.0. The molecule has 22 heavy (non-hydrogen) atoms. The number of benzene rings is 1. The number of rotatable bonds is 5. The van der Waals surface area contributed by atoms with Gasteiger partial charge < -0.3 is 0 Å². The lowest BCUT2D eigenvalue weighted by Gasteiger charge is -2.26. The molecule has 0 aliphatic carbocycles. The number of fused-ring (bicyclic) bond motifs is 1. The Kier molecular flexibility index (Phi) is 4.57. The molecular weight excluding hydrogens is 296 g/mol. The molecule has 2 heterocycles. The molecule has 2 atom stereocenters. The van der Waals surface area contributed by atoms with Crippen LogP contribution < -0.4 is 0 Å². The molecule has 1 aromatic rings. The second-order valence-corrected chi connectivity index (χ2v) is 8.87. The van der Waals surface area contributed by atoms with Crippen LogP contribution in [0.3, 0.4) is 0 Å². The van der Waals surface area contributed by atoms with Crippen LogP contribution in [0.25, 0.3) is 0 Å². The number of sulfonamides is 1. The van der Waals surface area contributed by atoms with Crippen molar-refractivity contribution in [2.45, 2.75) is 44.5 Å². The van der Waals surface area contributed by atoms with E-state index in [4.69, 9.17) is 0 Å². The molecule has 0 bridgehead atoms. The van der Waals surface area contributed by atoms with Crippen molar-refractivity contribution in [3.05, 3.63) is 35.9 Å². The van der Waals surface area contributed by atoms with Crippen molar-refractivity contribution in [2.24, 2.45) is 5.92 Å². The molecule has 2 fully saturated rings. The standard InChI is InChI=1S/C17H26N2O2S/c1-14(2)12-18-10-8-17-16(18)9-11-19(17)22(20,21)13-15-6-4-3-5-7-15/h3-7,14,16-17H,8-13H2,1-2H3/t16-,17-/m0/s1. The van der Waals surface area contributed by atoms with Gasteiger partial charge in [-0.3, -0.25) is 4.90 Å². The molecule has 2 aliphatic heterocycles. The zero-order valence-electron chi connectivity index (χ0n) is 13.5. The Balaban J connectivity index is 1.71. The third kappa shape index (κ3) is 3.21. The number of hydrogen-bond donors (Lipinski definition) is 0. The fourth-order valence-corrected chi connectivity index (χ4v) is 5.77. The van der Waals surface area contributed by atoms with E-state index in [0.717, 1.165) is 31.5 Å². The van der Waals surface area contributed by atoms with Crippen LogP contribution in [-0.2, 0) is 15.8 Å². The van der Waals surface area contributed by atoms with Crippen LogP contribution in [-0.4, -0.2) is 49.3 Å². The summed E-state index contributed by atoms with van der Waals surface area (Å²) in [6.07, 6.45) is 1.96. The van der Waals surface area contributed by atoms with Gasteiger partial charge in [-0.1, -0.05) is 44.2 Å². The molecule has 0 unspecified atom stereocenters. The summed E-state index contributed by atoms with van der Waals surface area (Å²) in [5.74, 6) is 0.759. The van der Waals surface area contributed by atoms with Crippen LogP contribution in [0.15, 0.2) is 30.3 Å². The number of hydrogen-bond acceptors (Lipinski definition) is 3. The zero-order chi connectivity index (χ0) is 15.7. The van der Waals surface area contributed by atoms with Gasteiger partial charge in [-0.15, -0.1) is 0 Å². The van der Waals surface area contributed by atoms with Crippen LogP contribution >= 0.6 is 0 Å². The summed E-state index contributed by atoms with van der Waals surface area (Å²) >= 11 is 0. The molecule has 122 valence electrons. The molecule has 0 N–H and O–H groups in total. The minimum absolute atomic E-state index is 0.126. The molecule has 0 aromatic heterocycles. The number of likely N-dealkylation sites (tertiary alicyclic amines) is 1. The molecule has 0 spiro atoms. The Hall–Kier alpha value is -0.910. The first-order valence-corrected chi connectivity index (χ1v) is 9.86. The van der Waals surface area contributed by atoms with E-state index in [0.29, 0.717) is 18.5 Å². The molecule has 4 nitrogen and oxygen atoms in total. The van der Waals surface area contributed by atoms with Gasteiger partial charge in [-0.05, 0) is 24.3 Å². The molecule has 2 aliphatic rings. The first-order valence-electron chi connectivity index (χ1n) is 8.25. The van der Waals surface area contributed by atoms with Crippen LogP contribution in [0.1, 0.15) is 32.3 Å². The van der Waals surface area contributed by atoms with Crippen molar-refractivity contribution in [1.29, 1.82) is 0 Å². The fraction of sp³-hybridized carbons (Fsp3) is 0.647. The highest BCUT2D eigenvalue weighted by Gasteiger charge is 2.46. The van der Waals surface area contributed by atoms with E-state index in [1.807, 2.05) is 30.3 Å². The lowest BCUT2D eigenvalue weighted by atomic mass is 10.1. The average Bonchev–Trinajstić information content (AvgIpc) is 3.02. The highest BCUT2D eigenvalue weighted by atomic mass is 32.2. The molecule has 2 saturated heterocycles. The Morgan fingerprint density at radius 1 is 1.09 bits per heavy atom. The predicted octanol–water partition coefficient (Wildman–Crippen LogP) is 2.32. The van der Waals surface area contributed by atoms with Crippen LogP contribution in [0.4, 0.5) is 0 Å². The minimum atomic E-state index is -3.21. The summed E-state index contributed by atoms with van der Waals surface area (Å²) in [5.41, 5.74) is 0.878. The Morgan fingerprint density at radius 3 is 2.45 bits per heavy atom. The monoisotopic (exact) mass is 322 g/mol. The molecular formula is C17H26N2O2S. The van der Waals surface area contributed by atoms with E-state index in [1.54, 1.807) is 4.31 Å². The third-order valence-electron chi connectivity index (χ3n) is 4.79. The van der Waals surface area contributed by atoms with Crippen LogP contribution in [0, 0.1) is 5.92 Å². The van der Waals surface area contributed by atoms with Gasteiger partial charge in [-0.25, -0.2) is 8.42 Å². The lowest BCUT2D eigenvalue weighted by Crippen LogP contribution is -2.40. The first-order chi connectivity index (χ1) is 10.5. The van der Waals surface area contributed by atoms with Crippen molar-refractivity contribution >= 4 is 10.0 Å². The van der Waals surface area contributed by atoms with Gasteiger partial charge in [0.2, 0.25) is 10.0 Å². The van der Waals surface area contributed by atoms with E-state index < -0.39 is 10.0 Å². The molecule has 3 rings (SSSR count). The van der Waals surface area contributed by atoms with E-state index in [2.05, 4.69) is 18.7 Å². The van der Waals surface area contributed by atoms with Gasteiger partial charge in [0.1, 0.15) is 0 Å². The smallest absolute Gasteiger partial charge is 0.218 e. The largest absolute Gasteiger partial charge is 0.298 e. The maximum Gasteiger partial charge on any atom is 0.218 e. The van der Waals surface area contributed by atoms with Crippen molar-refractivity contribution in [3.63, 3.8) is 0 Å². The second-order valence-electron chi connectivity index (χ2n) is 6.95. The second kappa shape index (κ2) is 6.30. The Labute approximate surface area is 134 Å². The summed E-state index contributed by atoms with van der Waals surface area (Å²) in [6, 6.07) is 10.1. The van der Waals surface area contributed by atoms with Crippen molar-refractivity contribution in [1.82, 2.24) is 9.21 Å². The minimum Gasteiger partial charge on any atom is -0.298 e. The van der Waals surface area contributed by atoms with Gasteiger partial charge in [0.05, 0.1) is 5.75 Å². The third-order valence-corrected chi connectivity index (χ3v) is 6.66. The molecule has 0 radical (unpaired) electrons. The van der Waals surface area contributed by atoms with E-state index in [9.17, 15) is 8.42 Å². The summed E-state index contributed by atoms with van der Waals surface area (Å²) in [4.78, 5) is 2.49. The molecule has 5 heteroatoms. The van der Waals surface area contributed by atoms with Gasteiger partial charge in [-0.2, -0.15) is 4.31 Å². The van der Waals surface area contributed by atoms with Crippen LogP contribution in [0.2, 0.25) is 0 Å². The van der Waals surface area contributed by atoms with Crippen LogP contribution in [0.5, 0.6) is 0 Å². The van der Waals surface area contributed by atoms with Crippen molar-refractivity contribution < 1.29 is 8.42 Å². The Morgan fingerprint density at radius 2 is 1.77 bits per heavy atom. The fourth-order valence-electron chi connectivity index (χ4n) is 3.94. The van der Waals surface area contributed by atoms with E-state index in [-0.39, 0.29) is 11.8 Å². The topological polar surface area (TPSA) is 40.6 Å². The number of nitrogens with zero attached hydrogens (tertiary/aromatic N) is 2. The normalized spacial score (nSPS) is 26.7. The molecule has 0 saturated carbocycles. The van der Waals surface area contributed by atoms with E-state index >= 15 is 0 Å².